The SMILES string of the molecule is NC(=O)N(c1cnc2ccccc2c1)N1CCNCC1. The van der Waals surface area contributed by atoms with Crippen molar-refractivity contribution < 1.29 is 4.79 Å². The first-order valence-electron chi connectivity index (χ1n) is 6.65. The summed E-state index contributed by atoms with van der Waals surface area (Å²) in [6.07, 6.45) is 1.69. The number of primary amides is 1. The van der Waals surface area contributed by atoms with Crippen LogP contribution >= 0.6 is 0 Å². The Balaban J connectivity index is 1.98. The second kappa shape index (κ2) is 5.44. The second-order valence-corrected chi connectivity index (χ2v) is 4.74. The first-order chi connectivity index (χ1) is 9.75. The summed E-state index contributed by atoms with van der Waals surface area (Å²) in [7, 11) is 0. The Morgan fingerprint density at radius 3 is 2.80 bits per heavy atom. The summed E-state index contributed by atoms with van der Waals surface area (Å²) in [5.74, 6) is 0. The third kappa shape index (κ3) is 2.43. The molecule has 0 bridgehead atoms. The molecule has 0 radical (unpaired) electrons. The second-order valence-electron chi connectivity index (χ2n) is 4.74. The van der Waals surface area contributed by atoms with Crippen LogP contribution in [0.25, 0.3) is 10.9 Å². The number of hydrazine groups is 1. The minimum Gasteiger partial charge on any atom is -0.350 e. The van der Waals surface area contributed by atoms with Crippen molar-refractivity contribution in [3.63, 3.8) is 0 Å². The highest BCUT2D eigenvalue weighted by Gasteiger charge is 2.23. The van der Waals surface area contributed by atoms with Crippen LogP contribution in [0.3, 0.4) is 0 Å². The highest BCUT2D eigenvalue weighted by Crippen LogP contribution is 2.21. The third-order valence-corrected chi connectivity index (χ3v) is 3.41. The number of anilines is 1. The number of piperazine rings is 1. The van der Waals surface area contributed by atoms with Crippen molar-refractivity contribution >= 4 is 22.6 Å². The molecule has 20 heavy (non-hydrogen) atoms. The van der Waals surface area contributed by atoms with Gasteiger partial charge in [0, 0.05) is 31.6 Å². The molecule has 104 valence electrons. The normalized spacial score (nSPS) is 16.2. The number of nitrogens with zero attached hydrogens (tertiary/aromatic N) is 3. The van der Waals surface area contributed by atoms with E-state index in [0.717, 1.165) is 37.1 Å². The van der Waals surface area contributed by atoms with Crippen LogP contribution in [0.5, 0.6) is 0 Å². The van der Waals surface area contributed by atoms with Gasteiger partial charge in [-0.3, -0.25) is 4.98 Å². The van der Waals surface area contributed by atoms with Crippen molar-refractivity contribution in [3.8, 4) is 0 Å². The molecule has 0 spiro atoms. The molecule has 2 aromatic rings. The van der Waals surface area contributed by atoms with Crippen LogP contribution in [0, 0.1) is 0 Å². The fourth-order valence-corrected chi connectivity index (χ4v) is 2.46. The number of carbonyl (C=O) groups excluding carboxylic acids is 1. The van der Waals surface area contributed by atoms with E-state index in [0.29, 0.717) is 5.69 Å². The number of fused-ring (bicyclic) bond motifs is 1. The van der Waals surface area contributed by atoms with E-state index in [1.165, 1.54) is 5.01 Å². The number of aromatic nitrogens is 1. The molecule has 6 heteroatoms. The van der Waals surface area contributed by atoms with Gasteiger partial charge in [0.2, 0.25) is 0 Å². The van der Waals surface area contributed by atoms with Gasteiger partial charge in [0.1, 0.15) is 0 Å². The van der Waals surface area contributed by atoms with E-state index in [4.69, 9.17) is 5.73 Å². The van der Waals surface area contributed by atoms with E-state index >= 15 is 0 Å². The number of hydrogen-bond donors (Lipinski definition) is 2. The third-order valence-electron chi connectivity index (χ3n) is 3.41. The van der Waals surface area contributed by atoms with Crippen molar-refractivity contribution in [3.05, 3.63) is 36.5 Å². The Kier molecular flexibility index (Phi) is 3.49. The van der Waals surface area contributed by atoms with Crippen LogP contribution < -0.4 is 16.1 Å². The van der Waals surface area contributed by atoms with Crippen LogP contribution in [0.4, 0.5) is 10.5 Å². The predicted octanol–water partition coefficient (Wildman–Crippen LogP) is 0.940. The first-order valence-corrected chi connectivity index (χ1v) is 6.65. The molecule has 1 aromatic carbocycles. The van der Waals surface area contributed by atoms with Gasteiger partial charge >= 0.3 is 6.03 Å². The van der Waals surface area contributed by atoms with E-state index in [1.54, 1.807) is 6.20 Å². The summed E-state index contributed by atoms with van der Waals surface area (Å²) >= 11 is 0. The molecular formula is C14H17N5O. The molecule has 6 nitrogen and oxygen atoms in total. The van der Waals surface area contributed by atoms with Gasteiger partial charge in [-0.1, -0.05) is 18.2 Å². The van der Waals surface area contributed by atoms with E-state index in [9.17, 15) is 4.79 Å². The number of amides is 2. The van der Waals surface area contributed by atoms with E-state index < -0.39 is 6.03 Å². The van der Waals surface area contributed by atoms with Gasteiger partial charge in [0.05, 0.1) is 17.4 Å². The van der Waals surface area contributed by atoms with Crippen LogP contribution in [-0.4, -0.2) is 42.2 Å². The number of pyridine rings is 1. The maximum absolute atomic E-state index is 11.8. The molecule has 3 N–H and O–H groups in total. The molecular weight excluding hydrogens is 254 g/mol. The zero-order valence-electron chi connectivity index (χ0n) is 11.1. The highest BCUT2D eigenvalue weighted by atomic mass is 16.2. The number of rotatable bonds is 2. The van der Waals surface area contributed by atoms with Crippen LogP contribution in [0.15, 0.2) is 36.5 Å². The van der Waals surface area contributed by atoms with Crippen LogP contribution in [-0.2, 0) is 0 Å². The highest BCUT2D eigenvalue weighted by molar-refractivity contribution is 5.92. The van der Waals surface area contributed by atoms with Crippen molar-refractivity contribution in [1.29, 1.82) is 0 Å². The van der Waals surface area contributed by atoms with Gasteiger partial charge in [-0.15, -0.1) is 0 Å². The fraction of sp³-hybridized carbons (Fsp3) is 0.286. The Labute approximate surface area is 117 Å². The molecule has 1 aliphatic rings. The number of hydrogen-bond acceptors (Lipinski definition) is 4. The van der Waals surface area contributed by atoms with Gasteiger partial charge in [-0.25, -0.2) is 14.8 Å². The minimum absolute atomic E-state index is 0.482. The lowest BCUT2D eigenvalue weighted by molar-refractivity contribution is 0.203. The quantitative estimate of drug-likeness (QED) is 0.852. The number of nitrogens with two attached hydrogens (primary N) is 1. The topological polar surface area (TPSA) is 74.5 Å². The van der Waals surface area contributed by atoms with Crippen molar-refractivity contribution in [2.45, 2.75) is 0 Å². The summed E-state index contributed by atoms with van der Waals surface area (Å²) in [5, 5.41) is 7.71. The number of benzene rings is 1. The molecule has 3 rings (SSSR count). The predicted molar refractivity (Wildman–Crippen MR) is 78.2 cm³/mol. The van der Waals surface area contributed by atoms with E-state index in [1.807, 2.05) is 35.3 Å². The summed E-state index contributed by atoms with van der Waals surface area (Å²) in [4.78, 5) is 16.2. The Morgan fingerprint density at radius 1 is 1.30 bits per heavy atom. The molecule has 1 aliphatic heterocycles. The van der Waals surface area contributed by atoms with Gasteiger partial charge < -0.3 is 11.1 Å². The van der Waals surface area contributed by atoms with Crippen molar-refractivity contribution in [1.82, 2.24) is 15.3 Å². The standard InChI is InChI=1S/C14H17N5O/c15-14(20)19(18-7-5-16-6-8-18)12-9-11-3-1-2-4-13(11)17-10-12/h1-4,9-10,16H,5-8H2,(H2,15,20). The zero-order valence-corrected chi connectivity index (χ0v) is 11.1. The largest absolute Gasteiger partial charge is 0.350 e. The summed E-state index contributed by atoms with van der Waals surface area (Å²) in [5.41, 5.74) is 7.15. The Morgan fingerprint density at radius 2 is 2.05 bits per heavy atom. The Hall–Kier alpha value is -2.18. The van der Waals surface area contributed by atoms with Gasteiger partial charge in [-0.05, 0) is 12.1 Å². The summed E-state index contributed by atoms with van der Waals surface area (Å²) in [6.45, 7) is 3.17. The maximum atomic E-state index is 11.8. The maximum Gasteiger partial charge on any atom is 0.334 e. The fourth-order valence-electron chi connectivity index (χ4n) is 2.46. The van der Waals surface area contributed by atoms with Crippen LogP contribution in [0.1, 0.15) is 0 Å². The molecule has 0 unspecified atom stereocenters. The first kappa shape index (κ1) is 12.8. The lowest BCUT2D eigenvalue weighted by Gasteiger charge is -2.36. The number of carbonyl (C=O) groups is 1. The monoisotopic (exact) mass is 271 g/mol. The number of para-hydroxylation sites is 1. The molecule has 0 saturated carbocycles. The summed E-state index contributed by atoms with van der Waals surface area (Å²) < 4.78 is 0. The van der Waals surface area contributed by atoms with Crippen molar-refractivity contribution in [2.75, 3.05) is 31.2 Å². The number of nitrogens with one attached hydrogen (secondary N) is 1. The lowest BCUT2D eigenvalue weighted by Crippen LogP contribution is -2.56. The van der Waals surface area contributed by atoms with Gasteiger partial charge in [0.25, 0.3) is 0 Å². The van der Waals surface area contributed by atoms with Gasteiger partial charge in [0.15, 0.2) is 0 Å². The average molecular weight is 271 g/mol. The van der Waals surface area contributed by atoms with Gasteiger partial charge in [-0.2, -0.15) is 0 Å². The minimum atomic E-state index is -0.482. The smallest absolute Gasteiger partial charge is 0.334 e. The lowest BCUT2D eigenvalue weighted by atomic mass is 10.2. The van der Waals surface area contributed by atoms with Crippen LogP contribution in [0.2, 0.25) is 0 Å². The molecule has 1 fully saturated rings. The summed E-state index contributed by atoms with van der Waals surface area (Å²) in [6, 6.07) is 9.27. The van der Waals surface area contributed by atoms with E-state index in [2.05, 4.69) is 10.3 Å². The molecule has 1 saturated heterocycles. The molecule has 2 amide bonds. The van der Waals surface area contributed by atoms with Crippen molar-refractivity contribution in [2.24, 2.45) is 5.73 Å². The zero-order chi connectivity index (χ0) is 13.9. The molecule has 2 heterocycles. The average Bonchev–Trinajstić information content (AvgIpc) is 2.48. The molecule has 0 atom stereocenters. The van der Waals surface area contributed by atoms with E-state index in [-0.39, 0.29) is 0 Å². The molecule has 1 aromatic heterocycles. The number of urea groups is 1. The Bertz CT molecular complexity index is 624. The molecule has 0 aliphatic carbocycles.